The Balaban J connectivity index is 1.97. The van der Waals surface area contributed by atoms with Gasteiger partial charge in [-0.05, 0) is 56.9 Å². The molecule has 3 rings (SSSR count). The first-order valence-electron chi connectivity index (χ1n) is 12.3. The molecule has 1 N–H and O–H groups in total. The van der Waals surface area contributed by atoms with Crippen molar-refractivity contribution >= 4 is 13.1 Å². The van der Waals surface area contributed by atoms with Gasteiger partial charge < -0.3 is 28.6 Å². The lowest BCUT2D eigenvalue weighted by atomic mass is 9.73. The van der Waals surface area contributed by atoms with Crippen LogP contribution >= 0.6 is 0 Å². The fraction of sp³-hybridized carbons (Fsp3) is 0.429. The van der Waals surface area contributed by atoms with E-state index in [1.165, 1.54) is 12.4 Å². The number of aromatic nitrogens is 1. The number of esters is 1. The van der Waals surface area contributed by atoms with Gasteiger partial charge in [0.25, 0.3) is 0 Å². The molecule has 0 spiro atoms. The topological polar surface area (TPSA) is 96.3 Å². The lowest BCUT2D eigenvalue weighted by molar-refractivity contribution is 0.00578. The Morgan fingerprint density at radius 2 is 1.78 bits per heavy atom. The molecule has 2 aromatic rings. The average Bonchev–Trinajstić information content (AvgIpc) is 3.09. The van der Waals surface area contributed by atoms with Gasteiger partial charge in [-0.15, -0.1) is 0 Å². The second kappa shape index (κ2) is 12.5. The van der Waals surface area contributed by atoms with Gasteiger partial charge in [0, 0.05) is 31.5 Å². The summed E-state index contributed by atoms with van der Waals surface area (Å²) in [5.74, 6) is 0.0241. The van der Waals surface area contributed by atoms with Crippen LogP contribution < -0.4 is 4.74 Å². The first-order chi connectivity index (χ1) is 17.6. The van der Waals surface area contributed by atoms with Crippen molar-refractivity contribution in [3.63, 3.8) is 0 Å². The number of aliphatic hydroxyl groups excluding tert-OH is 1. The van der Waals surface area contributed by atoms with Gasteiger partial charge in [0.2, 0.25) is 0 Å². The van der Waals surface area contributed by atoms with Gasteiger partial charge in [0.05, 0.1) is 30.0 Å². The summed E-state index contributed by atoms with van der Waals surface area (Å²) in [4.78, 5) is 17.0. The Morgan fingerprint density at radius 1 is 1.14 bits per heavy atom. The normalized spacial score (nSPS) is 17.4. The van der Waals surface area contributed by atoms with Crippen molar-refractivity contribution in [1.29, 1.82) is 0 Å². The van der Waals surface area contributed by atoms with Crippen LogP contribution in [0.25, 0.3) is 0 Å². The maximum Gasteiger partial charge on any atom is 0.494 e. The SMILES string of the molecule is C=C(COC)/C(=C/C[C@H](OC(=O)c1ccncc1)c1ccccc1OCCO)B1OC(C)(C)C(C)(C)O1. The van der Waals surface area contributed by atoms with Crippen molar-refractivity contribution in [3.8, 4) is 5.75 Å². The minimum atomic E-state index is -0.705. The van der Waals surface area contributed by atoms with E-state index in [0.29, 0.717) is 28.9 Å². The predicted octanol–water partition coefficient (Wildman–Crippen LogP) is 4.50. The molecule has 0 saturated carbocycles. The van der Waals surface area contributed by atoms with Crippen LogP contribution in [0.1, 0.15) is 56.1 Å². The van der Waals surface area contributed by atoms with Crippen LogP contribution in [-0.4, -0.2) is 61.3 Å². The molecule has 1 aliphatic rings. The highest BCUT2D eigenvalue weighted by Gasteiger charge is 2.52. The summed E-state index contributed by atoms with van der Waals surface area (Å²) in [6.07, 6.45) is 4.57. The number of hydrogen-bond acceptors (Lipinski definition) is 8. The Hall–Kier alpha value is -2.98. The number of para-hydroxylation sites is 1. The first-order valence-corrected chi connectivity index (χ1v) is 12.3. The Kier molecular flexibility index (Phi) is 9.67. The third-order valence-corrected chi connectivity index (χ3v) is 6.57. The van der Waals surface area contributed by atoms with Gasteiger partial charge >= 0.3 is 13.1 Å². The van der Waals surface area contributed by atoms with E-state index in [2.05, 4.69) is 11.6 Å². The van der Waals surface area contributed by atoms with E-state index in [1.54, 1.807) is 25.3 Å². The zero-order chi connectivity index (χ0) is 27.1. The summed E-state index contributed by atoms with van der Waals surface area (Å²) in [7, 11) is 0.936. The summed E-state index contributed by atoms with van der Waals surface area (Å²) in [5.41, 5.74) is 1.39. The molecule has 1 atom stereocenters. The molecule has 1 aromatic carbocycles. The monoisotopic (exact) mass is 509 g/mol. The number of methoxy groups -OCH3 is 1. The Morgan fingerprint density at radius 3 is 2.41 bits per heavy atom. The van der Waals surface area contributed by atoms with Crippen molar-refractivity contribution in [1.82, 2.24) is 4.98 Å². The van der Waals surface area contributed by atoms with E-state index in [-0.39, 0.29) is 19.8 Å². The molecule has 0 bridgehead atoms. The fourth-order valence-electron chi connectivity index (χ4n) is 3.83. The van der Waals surface area contributed by atoms with E-state index in [0.717, 1.165) is 5.47 Å². The number of rotatable bonds is 12. The highest BCUT2D eigenvalue weighted by molar-refractivity contribution is 6.56. The van der Waals surface area contributed by atoms with Gasteiger partial charge in [0.1, 0.15) is 18.5 Å². The van der Waals surface area contributed by atoms with Crippen LogP contribution in [0.15, 0.2) is 72.5 Å². The summed E-state index contributed by atoms with van der Waals surface area (Å²) < 4.78 is 29.6. The van der Waals surface area contributed by atoms with Gasteiger partial charge in [0.15, 0.2) is 0 Å². The quantitative estimate of drug-likeness (QED) is 0.254. The van der Waals surface area contributed by atoms with E-state index < -0.39 is 30.4 Å². The van der Waals surface area contributed by atoms with Crippen molar-refractivity contribution in [2.24, 2.45) is 0 Å². The smallest absolute Gasteiger partial charge is 0.491 e. The highest BCUT2D eigenvalue weighted by atomic mass is 16.7. The number of aliphatic hydroxyl groups is 1. The number of ether oxygens (including phenoxy) is 3. The molecule has 0 radical (unpaired) electrons. The molecule has 1 fully saturated rings. The minimum absolute atomic E-state index is 0.113. The summed E-state index contributed by atoms with van der Waals surface area (Å²) in [6.45, 7) is 12.4. The maximum atomic E-state index is 13.0. The lowest BCUT2D eigenvalue weighted by Crippen LogP contribution is -2.41. The molecule has 0 aliphatic carbocycles. The van der Waals surface area contributed by atoms with Crippen molar-refractivity contribution in [3.05, 3.63) is 83.6 Å². The number of carbonyl (C=O) groups excluding carboxylic acids is 1. The van der Waals surface area contributed by atoms with Crippen LogP contribution in [-0.2, 0) is 18.8 Å². The second-order valence-corrected chi connectivity index (χ2v) is 9.76. The molecule has 2 heterocycles. The minimum Gasteiger partial charge on any atom is -0.491 e. The molecule has 9 heteroatoms. The fourth-order valence-corrected chi connectivity index (χ4v) is 3.83. The molecular formula is C28H36BNO7. The zero-order valence-corrected chi connectivity index (χ0v) is 22.2. The Bertz CT molecular complexity index is 1080. The van der Waals surface area contributed by atoms with Crippen molar-refractivity contribution in [2.75, 3.05) is 26.9 Å². The second-order valence-electron chi connectivity index (χ2n) is 9.76. The van der Waals surface area contributed by atoms with Crippen LogP contribution in [0.5, 0.6) is 5.75 Å². The van der Waals surface area contributed by atoms with Crippen molar-refractivity contribution in [2.45, 2.75) is 51.4 Å². The van der Waals surface area contributed by atoms with Crippen LogP contribution in [0.3, 0.4) is 0 Å². The lowest BCUT2D eigenvalue weighted by Gasteiger charge is -2.32. The third-order valence-electron chi connectivity index (χ3n) is 6.57. The first kappa shape index (κ1) is 28.6. The highest BCUT2D eigenvalue weighted by Crippen LogP contribution is 2.40. The maximum absolute atomic E-state index is 13.0. The number of carbonyl (C=O) groups is 1. The standard InChI is InChI=1S/C28H36BNO7/c1-20(19-33-6)23(29-36-27(2,3)28(4,5)37-29)11-12-25(35-26(32)21-13-15-30-16-14-21)22-9-7-8-10-24(22)34-18-17-31/h7-11,13-16,25,31H,1,12,17-19H2,2-6H3/b23-11-/t25-/m0/s1. The van der Waals surface area contributed by atoms with Crippen LogP contribution in [0.4, 0.5) is 0 Å². The average molecular weight is 509 g/mol. The molecule has 198 valence electrons. The Labute approximate surface area is 219 Å². The molecule has 1 aliphatic heterocycles. The molecule has 37 heavy (non-hydrogen) atoms. The molecular weight excluding hydrogens is 473 g/mol. The van der Waals surface area contributed by atoms with Gasteiger partial charge in [-0.3, -0.25) is 4.98 Å². The largest absolute Gasteiger partial charge is 0.494 e. The van der Waals surface area contributed by atoms with E-state index in [9.17, 15) is 9.90 Å². The molecule has 1 saturated heterocycles. The number of nitrogens with zero attached hydrogens (tertiary/aromatic N) is 1. The molecule has 1 aromatic heterocycles. The van der Waals surface area contributed by atoms with E-state index in [4.69, 9.17) is 23.5 Å². The molecule has 8 nitrogen and oxygen atoms in total. The van der Waals surface area contributed by atoms with Crippen molar-refractivity contribution < 1.29 is 33.4 Å². The summed E-state index contributed by atoms with van der Waals surface area (Å²) in [6, 6.07) is 10.5. The summed E-state index contributed by atoms with van der Waals surface area (Å²) >= 11 is 0. The molecule has 0 unspecified atom stereocenters. The van der Waals surface area contributed by atoms with E-state index in [1.807, 2.05) is 52.0 Å². The van der Waals surface area contributed by atoms with Crippen LogP contribution in [0.2, 0.25) is 0 Å². The third kappa shape index (κ3) is 7.08. The van der Waals surface area contributed by atoms with Gasteiger partial charge in [-0.1, -0.05) is 30.9 Å². The van der Waals surface area contributed by atoms with Gasteiger partial charge in [-0.2, -0.15) is 0 Å². The number of hydrogen-bond donors (Lipinski definition) is 1. The van der Waals surface area contributed by atoms with E-state index >= 15 is 0 Å². The molecule has 0 amide bonds. The van der Waals surface area contributed by atoms with Crippen LogP contribution in [0, 0.1) is 0 Å². The zero-order valence-electron chi connectivity index (χ0n) is 22.2. The predicted molar refractivity (Wildman–Crippen MR) is 141 cm³/mol. The summed E-state index contributed by atoms with van der Waals surface area (Å²) in [5, 5.41) is 9.27. The number of benzene rings is 1. The van der Waals surface area contributed by atoms with Gasteiger partial charge in [-0.25, -0.2) is 4.79 Å². The number of pyridine rings is 1.